The van der Waals surface area contributed by atoms with E-state index in [1.54, 1.807) is 35.7 Å². The largest absolute Gasteiger partial charge is 0.462 e. The van der Waals surface area contributed by atoms with Gasteiger partial charge in [-0.05, 0) is 55.3 Å². The molecule has 0 unspecified atom stereocenters. The van der Waals surface area contributed by atoms with Gasteiger partial charge in [-0.15, -0.1) is 23.1 Å². The zero-order valence-corrected chi connectivity index (χ0v) is 19.2. The second-order valence-electron chi connectivity index (χ2n) is 7.07. The first kappa shape index (κ1) is 23.3. The van der Waals surface area contributed by atoms with Gasteiger partial charge in [0.1, 0.15) is 10.8 Å². The summed E-state index contributed by atoms with van der Waals surface area (Å²) in [5.74, 6) is -0.184. The Balaban J connectivity index is 1.62. The maximum Gasteiger partial charge on any atom is 0.341 e. The van der Waals surface area contributed by atoms with Crippen LogP contribution in [-0.2, 0) is 27.3 Å². The normalized spacial score (nSPS) is 12.9. The molecule has 31 heavy (non-hydrogen) atoms. The van der Waals surface area contributed by atoms with Crippen LogP contribution in [0, 0.1) is 5.82 Å². The molecule has 0 bridgehead atoms. The van der Waals surface area contributed by atoms with Crippen molar-refractivity contribution in [2.45, 2.75) is 44.6 Å². The van der Waals surface area contributed by atoms with Crippen LogP contribution >= 0.6 is 23.1 Å². The molecule has 0 saturated carbocycles. The van der Waals surface area contributed by atoms with E-state index in [-0.39, 0.29) is 24.2 Å². The second-order valence-corrected chi connectivity index (χ2v) is 9.35. The van der Waals surface area contributed by atoms with Gasteiger partial charge in [-0.3, -0.25) is 9.59 Å². The summed E-state index contributed by atoms with van der Waals surface area (Å²) in [5.41, 5.74) is 1.28. The molecule has 6 nitrogen and oxygen atoms in total. The Morgan fingerprint density at radius 1 is 1.26 bits per heavy atom. The molecule has 1 N–H and O–H groups in total. The third kappa shape index (κ3) is 6.07. The van der Waals surface area contributed by atoms with E-state index in [2.05, 4.69) is 5.32 Å². The average Bonchev–Trinajstić information content (AvgIpc) is 3.09. The van der Waals surface area contributed by atoms with Gasteiger partial charge in [-0.2, -0.15) is 0 Å². The Morgan fingerprint density at radius 2 is 2.00 bits per heavy atom. The molecule has 9 heteroatoms. The van der Waals surface area contributed by atoms with Crippen LogP contribution in [0.1, 0.15) is 47.5 Å². The molecular formula is C22H25FN2O4S2. The van der Waals surface area contributed by atoms with Gasteiger partial charge in [-0.1, -0.05) is 0 Å². The fourth-order valence-electron chi connectivity index (χ4n) is 3.32. The Morgan fingerprint density at radius 3 is 2.68 bits per heavy atom. The number of anilines is 1. The second kappa shape index (κ2) is 10.8. The van der Waals surface area contributed by atoms with Crippen molar-refractivity contribution in [1.29, 1.82) is 0 Å². The predicted molar refractivity (Wildman–Crippen MR) is 120 cm³/mol. The van der Waals surface area contributed by atoms with Gasteiger partial charge in [0.25, 0.3) is 0 Å². The molecular weight excluding hydrogens is 439 g/mol. The van der Waals surface area contributed by atoms with Crippen LogP contribution < -0.4 is 5.32 Å². The van der Waals surface area contributed by atoms with Crippen LogP contribution in [0.5, 0.6) is 0 Å². The van der Waals surface area contributed by atoms with Crippen molar-refractivity contribution in [3.8, 4) is 0 Å². The number of halogens is 1. The van der Waals surface area contributed by atoms with Gasteiger partial charge in [0, 0.05) is 29.7 Å². The fourth-order valence-corrected chi connectivity index (χ4v) is 5.44. The maximum absolute atomic E-state index is 13.0. The molecule has 3 rings (SSSR count). The Kier molecular flexibility index (Phi) is 8.09. The molecule has 0 atom stereocenters. The number of carbonyl (C=O) groups is 3. The van der Waals surface area contributed by atoms with Crippen molar-refractivity contribution in [3.05, 3.63) is 46.1 Å². The molecule has 0 saturated heterocycles. The number of rotatable bonds is 8. The van der Waals surface area contributed by atoms with Crippen LogP contribution in [0.25, 0.3) is 0 Å². The number of ether oxygens (including phenoxy) is 1. The number of amides is 2. The number of thiophene rings is 1. The van der Waals surface area contributed by atoms with E-state index >= 15 is 0 Å². The SMILES string of the molecule is CCOC(=O)c1c(NC(=O)CCCSc2ccc(F)cc2)sc2c1CCN(C(C)=O)C2. The standard InChI is InChI=1S/C22H25FN2O4S2/c1-3-29-22(28)20-17-10-11-25(14(2)26)13-18(17)31-21(20)24-19(27)5-4-12-30-16-8-6-15(23)7-9-16/h6-9H,3-5,10-13H2,1-2H3,(H,24,27). The number of fused-ring (bicyclic) bond motifs is 1. The predicted octanol–water partition coefficient (Wildman–Crippen LogP) is 4.48. The van der Waals surface area contributed by atoms with Gasteiger partial charge in [0.05, 0.1) is 18.7 Å². The lowest BCUT2D eigenvalue weighted by molar-refractivity contribution is -0.129. The van der Waals surface area contributed by atoms with E-state index in [9.17, 15) is 18.8 Å². The van der Waals surface area contributed by atoms with Gasteiger partial charge in [-0.25, -0.2) is 9.18 Å². The smallest absolute Gasteiger partial charge is 0.341 e. The van der Waals surface area contributed by atoms with E-state index in [1.807, 2.05) is 0 Å². The first-order valence-corrected chi connectivity index (χ1v) is 11.9. The Labute approximate surface area is 189 Å². The van der Waals surface area contributed by atoms with Crippen molar-refractivity contribution >= 4 is 45.9 Å². The lowest BCUT2D eigenvalue weighted by Gasteiger charge is -2.25. The van der Waals surface area contributed by atoms with Crippen LogP contribution in [0.4, 0.5) is 9.39 Å². The molecule has 0 fully saturated rings. The van der Waals surface area contributed by atoms with Gasteiger partial charge in [0.15, 0.2) is 0 Å². The highest BCUT2D eigenvalue weighted by molar-refractivity contribution is 7.99. The summed E-state index contributed by atoms with van der Waals surface area (Å²) in [6, 6.07) is 6.26. The molecule has 0 radical (unpaired) electrons. The van der Waals surface area contributed by atoms with Gasteiger partial charge in [0.2, 0.25) is 11.8 Å². The van der Waals surface area contributed by atoms with Crippen LogP contribution in [0.2, 0.25) is 0 Å². The zero-order chi connectivity index (χ0) is 22.4. The van der Waals surface area contributed by atoms with Crippen molar-refractivity contribution in [1.82, 2.24) is 4.90 Å². The molecule has 0 spiro atoms. The number of esters is 1. The number of hydrogen-bond acceptors (Lipinski definition) is 6. The molecule has 2 amide bonds. The van der Waals surface area contributed by atoms with Crippen LogP contribution in [0.3, 0.4) is 0 Å². The fraction of sp³-hybridized carbons (Fsp3) is 0.409. The van der Waals surface area contributed by atoms with Gasteiger partial charge < -0.3 is 15.0 Å². The van der Waals surface area contributed by atoms with E-state index in [0.717, 1.165) is 21.1 Å². The minimum absolute atomic E-state index is 0.0130. The number of nitrogens with one attached hydrogen (secondary N) is 1. The summed E-state index contributed by atoms with van der Waals surface area (Å²) in [6.07, 6.45) is 1.51. The topological polar surface area (TPSA) is 75.7 Å². The van der Waals surface area contributed by atoms with Gasteiger partial charge >= 0.3 is 5.97 Å². The molecule has 1 aromatic heterocycles. The Hall–Kier alpha value is -2.39. The molecule has 1 aliphatic heterocycles. The van der Waals surface area contributed by atoms with Crippen LogP contribution in [0.15, 0.2) is 29.2 Å². The van der Waals surface area contributed by atoms with Crippen molar-refractivity contribution in [2.75, 3.05) is 24.2 Å². The minimum atomic E-state index is -0.446. The maximum atomic E-state index is 13.0. The number of benzene rings is 1. The summed E-state index contributed by atoms with van der Waals surface area (Å²) < 4.78 is 18.2. The lowest BCUT2D eigenvalue weighted by atomic mass is 10.0. The zero-order valence-electron chi connectivity index (χ0n) is 17.5. The van der Waals surface area contributed by atoms with Crippen molar-refractivity contribution < 1.29 is 23.5 Å². The van der Waals surface area contributed by atoms with E-state index in [0.29, 0.717) is 42.9 Å². The summed E-state index contributed by atoms with van der Waals surface area (Å²) in [7, 11) is 0. The Bertz CT molecular complexity index is 959. The molecule has 1 aliphatic rings. The summed E-state index contributed by atoms with van der Waals surface area (Å²) in [4.78, 5) is 40.4. The van der Waals surface area contributed by atoms with Crippen LogP contribution in [-0.4, -0.2) is 41.6 Å². The molecule has 166 valence electrons. The first-order chi connectivity index (χ1) is 14.9. The highest BCUT2D eigenvalue weighted by Crippen LogP contribution is 2.38. The third-order valence-corrected chi connectivity index (χ3v) is 7.10. The summed E-state index contributed by atoms with van der Waals surface area (Å²) >= 11 is 2.90. The summed E-state index contributed by atoms with van der Waals surface area (Å²) in [5, 5.41) is 3.36. The highest BCUT2D eigenvalue weighted by atomic mass is 32.2. The van der Waals surface area contributed by atoms with E-state index in [1.165, 1.54) is 30.4 Å². The van der Waals surface area contributed by atoms with E-state index < -0.39 is 5.97 Å². The molecule has 1 aromatic carbocycles. The lowest BCUT2D eigenvalue weighted by Crippen LogP contribution is -2.34. The number of carbonyl (C=O) groups excluding carboxylic acids is 3. The van der Waals surface area contributed by atoms with E-state index in [4.69, 9.17) is 4.74 Å². The quantitative estimate of drug-likeness (QED) is 0.354. The number of hydrogen-bond donors (Lipinski definition) is 1. The van der Waals surface area contributed by atoms with Crippen molar-refractivity contribution in [2.24, 2.45) is 0 Å². The first-order valence-electron chi connectivity index (χ1n) is 10.1. The molecule has 0 aliphatic carbocycles. The number of nitrogens with zero attached hydrogens (tertiary/aromatic N) is 1. The third-order valence-electron chi connectivity index (χ3n) is 4.87. The highest BCUT2D eigenvalue weighted by Gasteiger charge is 2.30. The monoisotopic (exact) mass is 464 g/mol. The molecule has 2 aromatic rings. The average molecular weight is 465 g/mol. The molecule has 2 heterocycles. The van der Waals surface area contributed by atoms with Crippen molar-refractivity contribution in [3.63, 3.8) is 0 Å². The summed E-state index contributed by atoms with van der Waals surface area (Å²) in [6.45, 7) is 4.49. The number of thioether (sulfide) groups is 1. The minimum Gasteiger partial charge on any atom is -0.462 e.